The summed E-state index contributed by atoms with van der Waals surface area (Å²) in [5.74, 6) is 1.45. The van der Waals surface area contributed by atoms with E-state index in [1.807, 2.05) is 83.2 Å². The molecule has 6 aliphatic rings. The molecule has 10 rings (SSSR count). The van der Waals surface area contributed by atoms with Crippen LogP contribution < -0.4 is 0 Å². The number of hydrogen-bond donors (Lipinski definition) is 14. The Labute approximate surface area is 652 Å². The number of carbonyl (C=O) groups is 2. The van der Waals surface area contributed by atoms with Gasteiger partial charge in [-0.1, -0.05) is 153 Å². The van der Waals surface area contributed by atoms with Gasteiger partial charge in [-0.25, -0.2) is 4.98 Å². The summed E-state index contributed by atoms with van der Waals surface area (Å²) in [6, 6.07) is 28.8. The van der Waals surface area contributed by atoms with E-state index in [1.165, 1.54) is 30.2 Å². The lowest BCUT2D eigenvalue weighted by Crippen LogP contribution is -2.65. The normalized spacial score (nSPS) is 30.6. The Kier molecular flexibility index (Phi) is 46.0. The number of aromatic nitrogens is 1. The van der Waals surface area contributed by atoms with Gasteiger partial charge in [0.15, 0.2) is 31.5 Å². The van der Waals surface area contributed by atoms with Crippen LogP contribution in [0.25, 0.3) is 12.2 Å². The van der Waals surface area contributed by atoms with Crippen molar-refractivity contribution in [2.75, 3.05) is 71.0 Å². The Morgan fingerprint density at radius 2 is 1.04 bits per heavy atom. The fourth-order valence-electron chi connectivity index (χ4n) is 10.5. The lowest BCUT2D eigenvalue weighted by atomic mass is 9.97. The van der Waals surface area contributed by atoms with Gasteiger partial charge in [0.05, 0.1) is 38.6 Å². The maximum atomic E-state index is 11.8. The first-order chi connectivity index (χ1) is 51.3. The van der Waals surface area contributed by atoms with Crippen molar-refractivity contribution in [2.45, 2.75) is 213 Å². The van der Waals surface area contributed by atoms with Crippen LogP contribution >= 0.6 is 57.3 Å². The predicted molar refractivity (Wildman–Crippen MR) is 411 cm³/mol. The fourth-order valence-corrected chi connectivity index (χ4v) is 14.8. The van der Waals surface area contributed by atoms with Crippen molar-refractivity contribution in [2.24, 2.45) is 0 Å². The first kappa shape index (κ1) is 96.3. The molecule has 6 aliphatic heterocycles. The van der Waals surface area contributed by atoms with Gasteiger partial charge in [0.1, 0.15) is 124 Å². The number of pyridine rings is 1. The van der Waals surface area contributed by atoms with E-state index in [4.69, 9.17) is 79.3 Å². The Hall–Kier alpha value is -4.08. The van der Waals surface area contributed by atoms with Crippen LogP contribution in [0.5, 0.6) is 0 Å². The Morgan fingerprint density at radius 3 is 1.44 bits per heavy atom. The Morgan fingerprint density at radius 1 is 0.593 bits per heavy atom. The molecule has 0 spiro atoms. The number of thioether (sulfide) groups is 2. The van der Waals surface area contributed by atoms with Gasteiger partial charge in [0.25, 0.3) is 0 Å². The second-order valence-corrected chi connectivity index (χ2v) is 30.6. The van der Waals surface area contributed by atoms with Gasteiger partial charge >= 0.3 is 5.97 Å². The average molecular weight is 1620 g/mol. The lowest BCUT2D eigenvalue weighted by molar-refractivity contribution is -0.399. The minimum atomic E-state index is -1.72. The highest BCUT2D eigenvalue weighted by molar-refractivity contribution is 8.76. The maximum Gasteiger partial charge on any atom is 0.319 e. The zero-order chi connectivity index (χ0) is 78.7. The largest absolute Gasteiger partial charge is 0.464 e. The molecule has 0 bridgehead atoms. The molecule has 0 radical (unpaired) electrons. The molecular weight excluding hydrogens is 1510 g/mol. The van der Waals surface area contributed by atoms with Gasteiger partial charge in [0.2, 0.25) is 0 Å². The summed E-state index contributed by atoms with van der Waals surface area (Å²) in [7, 11) is 3.20. The third-order valence-corrected chi connectivity index (χ3v) is 21.5. The van der Waals surface area contributed by atoms with E-state index in [9.17, 15) is 70.9 Å². The van der Waals surface area contributed by atoms with Crippen molar-refractivity contribution in [1.29, 1.82) is 0 Å². The van der Waals surface area contributed by atoms with Crippen LogP contribution in [-0.4, -0.2) is 291 Å². The van der Waals surface area contributed by atoms with E-state index < -0.39 is 149 Å². The van der Waals surface area contributed by atoms with Crippen molar-refractivity contribution in [1.82, 2.24) is 4.98 Å². The number of thiocarbonyl (C=S) groups is 1. The molecule has 6 saturated heterocycles. The first-order valence-electron chi connectivity index (χ1n) is 34.9. The van der Waals surface area contributed by atoms with Crippen molar-refractivity contribution in [3.05, 3.63) is 144 Å². The van der Waals surface area contributed by atoms with Crippen LogP contribution in [0.15, 0.2) is 115 Å². The first-order valence-corrected chi connectivity index (χ1v) is 39.5. The third kappa shape index (κ3) is 30.4. The number of fused-ring (bicyclic) bond motifs is 1. The number of carbonyl (C=O) groups excluding carboxylic acids is 2. The lowest BCUT2D eigenvalue weighted by Gasteiger charge is -2.48. The molecular formula is C74H109NO28S5. The van der Waals surface area contributed by atoms with Gasteiger partial charge < -0.3 is 128 Å². The van der Waals surface area contributed by atoms with E-state index in [0.717, 1.165) is 68.4 Å². The standard InChI is InChI=1S/C21H28O11.C13H17NO2S5.C12H22O11.C12H16O.C11H14O2.C4H8O.CH4/c1-2-9-3-5-10(6-4-9)19-28-8-12-18(31-19)15(25)17(27)21(30-12)32-20-16(26)14(24)13(23)11(7-22)29-20;1-3-18-13(17)20-10(2)12(15)16-8-9-19-21-11-6-4-5-7-14-11;13-1-3-5(15)7(17)9(19)11(21-3)23-12-10(20)8(18)6(16)4(2-14)22-12;1-4-11-6-8-12(9-7-11)10(3)13-5-2;1-3-13-9(2)11-6-4-10(8-12)5-7-11;1-2-4-5-3-1;/h2-6,11-27H,1,7-8H2;4-7,10H,3,8-9H2,1-2H3;3-20H,1-2H2;4,6-10H,1,5H2,2-3H3;4-9H,3H2,1-2H3;1-4H2;1H4/t11-,12-,13-,14+,15-,16-,17-,18-,19?,20-,21-;;3-,4-,5-,6-,7+,8+,9-,10-,11-,12-;;;;/m1.1..../s1. The number of benzene rings is 3. The van der Waals surface area contributed by atoms with Crippen LogP contribution in [0.3, 0.4) is 0 Å². The number of esters is 1. The summed E-state index contributed by atoms with van der Waals surface area (Å²) in [6.45, 7) is 21.2. The molecule has 108 heavy (non-hydrogen) atoms. The van der Waals surface area contributed by atoms with E-state index in [-0.39, 0.29) is 37.5 Å². The van der Waals surface area contributed by atoms with Crippen molar-refractivity contribution < 1.29 is 138 Å². The summed E-state index contributed by atoms with van der Waals surface area (Å²) in [5.41, 5.74) is 5.81. The quantitative estimate of drug-likeness (QED) is 0.0142. The molecule has 6 fully saturated rings. The molecule has 0 aliphatic carbocycles. The number of aliphatic hydroxyl groups excluding tert-OH is 14. The predicted octanol–water partition coefficient (Wildman–Crippen LogP) is 4.59. The highest BCUT2D eigenvalue weighted by atomic mass is 33.1. The van der Waals surface area contributed by atoms with Gasteiger partial charge in [0, 0.05) is 49.5 Å². The number of aldehydes is 1. The zero-order valence-electron chi connectivity index (χ0n) is 60.4. The molecule has 608 valence electrons. The van der Waals surface area contributed by atoms with E-state index >= 15 is 0 Å². The van der Waals surface area contributed by atoms with Gasteiger partial charge in [-0.05, 0) is 98.4 Å². The van der Waals surface area contributed by atoms with Gasteiger partial charge in [-0.15, -0.1) is 11.8 Å². The summed E-state index contributed by atoms with van der Waals surface area (Å²) in [6.07, 6.45) is -21.2. The second kappa shape index (κ2) is 51.6. The van der Waals surface area contributed by atoms with E-state index in [2.05, 4.69) is 49.3 Å². The van der Waals surface area contributed by atoms with Crippen molar-refractivity contribution >= 4 is 85.3 Å². The minimum Gasteiger partial charge on any atom is -0.464 e. The number of rotatable bonds is 25. The maximum absolute atomic E-state index is 11.8. The summed E-state index contributed by atoms with van der Waals surface area (Å²) >= 11 is 8.13. The van der Waals surface area contributed by atoms with Crippen LogP contribution in [0.4, 0.5) is 0 Å². The molecule has 14 N–H and O–H groups in total. The minimum absolute atomic E-state index is 0. The molecule has 34 heteroatoms. The number of hydrogen-bond acceptors (Lipinski definition) is 34. The van der Waals surface area contributed by atoms with Gasteiger partial charge in [-0.2, -0.15) is 0 Å². The molecule has 1 aromatic heterocycles. The van der Waals surface area contributed by atoms with Crippen LogP contribution in [0.1, 0.15) is 118 Å². The highest BCUT2D eigenvalue weighted by Gasteiger charge is 2.53. The average Bonchev–Trinajstić information content (AvgIpc) is 0.903. The third-order valence-electron chi connectivity index (χ3n) is 16.8. The topological polar surface area (TPSA) is 441 Å². The molecule has 4 unspecified atom stereocenters. The molecule has 4 aromatic rings. The van der Waals surface area contributed by atoms with E-state index in [0.29, 0.717) is 18.8 Å². The highest BCUT2D eigenvalue weighted by Crippen LogP contribution is 2.37. The summed E-state index contributed by atoms with van der Waals surface area (Å²) in [5, 5.41) is 138. The number of aliphatic hydroxyl groups is 14. The molecule has 0 amide bonds. The SMILES string of the molecule is C.C1CCOC1.C=Cc1ccc(C(C)OCC)cc1.C=Cc1ccc(C2OC[C@H]3O[C@H](O[C@H]4O[C@H](CO)[C@@H](O)[C@H](O)[C@H]4O)[C@H](O)[C@@H](O)[C@@H]3O2)cc1.CCOC(C)c1ccc(C=O)cc1.CCSC(=S)SC(C)C(=O)OCCSSc1ccccn1.OC[C@H]1O[C@H](O[C@H]2O[C@H](CO)[C@@H](O)[C@H](O)[C@H]2O)[C@H](O)[C@@H](O)[C@@H]1O. The Bertz CT molecular complexity index is 3030. The second-order valence-electron chi connectivity index (χ2n) is 24.4. The summed E-state index contributed by atoms with van der Waals surface area (Å²) in [4.78, 5) is 26.4. The van der Waals surface area contributed by atoms with Crippen LogP contribution in [0.2, 0.25) is 0 Å². The van der Waals surface area contributed by atoms with Crippen LogP contribution in [-0.2, 0) is 61.6 Å². The van der Waals surface area contributed by atoms with Crippen molar-refractivity contribution in [3.8, 4) is 0 Å². The molecule has 24 atom stereocenters. The van der Waals surface area contributed by atoms with Gasteiger partial charge in [-0.3, -0.25) is 9.59 Å². The number of nitrogens with zero attached hydrogens (tertiary/aromatic N) is 1. The van der Waals surface area contributed by atoms with Crippen molar-refractivity contribution in [3.63, 3.8) is 0 Å². The molecule has 7 heterocycles. The smallest absolute Gasteiger partial charge is 0.319 e. The molecule has 29 nitrogen and oxygen atoms in total. The molecule has 0 saturated carbocycles. The number of ether oxygens (including phenoxy) is 12. The fraction of sp³-hybridized carbons (Fsp3) is 0.595. The Balaban J connectivity index is 0.000000290. The zero-order valence-corrected chi connectivity index (χ0v) is 64.5. The van der Waals surface area contributed by atoms with Crippen LogP contribution in [0, 0.1) is 0 Å². The monoisotopic (exact) mass is 1620 g/mol. The summed E-state index contributed by atoms with van der Waals surface area (Å²) < 4.78 is 65.1. The molecule has 3 aromatic carbocycles. The van der Waals surface area contributed by atoms with E-state index in [1.54, 1.807) is 69.9 Å².